The Morgan fingerprint density at radius 3 is 3.00 bits per heavy atom. The summed E-state index contributed by atoms with van der Waals surface area (Å²) in [5, 5.41) is 4.04. The minimum atomic E-state index is 0.928. The molecular weight excluding hydrogens is 132 g/mol. The fraction of sp³-hybridized carbons (Fsp3) is 0.833. The van der Waals surface area contributed by atoms with E-state index in [1.807, 2.05) is 0 Å². The van der Waals surface area contributed by atoms with Crippen LogP contribution in [-0.2, 0) is 0 Å². The van der Waals surface area contributed by atoms with Gasteiger partial charge in [-0.1, -0.05) is 6.92 Å². The molecule has 52 valence electrons. The van der Waals surface area contributed by atoms with Gasteiger partial charge in [-0.15, -0.1) is 0 Å². The predicted molar refractivity (Wildman–Crippen MR) is 42.5 cm³/mol. The van der Waals surface area contributed by atoms with Gasteiger partial charge in [-0.2, -0.15) is 0 Å². The molecule has 1 aliphatic rings. The molecule has 0 saturated carbocycles. The summed E-state index contributed by atoms with van der Waals surface area (Å²) in [6.45, 7) is 5.39. The molecule has 0 aromatic rings. The van der Waals surface area contributed by atoms with Crippen LogP contribution in [0.1, 0.15) is 13.3 Å². The summed E-state index contributed by atoms with van der Waals surface area (Å²) in [7, 11) is 0. The zero-order chi connectivity index (χ0) is 6.69. The normalized spacial score (nSPS) is 18.3. The van der Waals surface area contributed by atoms with Crippen molar-refractivity contribution in [2.75, 3.05) is 19.6 Å². The van der Waals surface area contributed by atoms with Crippen molar-refractivity contribution < 1.29 is 0 Å². The van der Waals surface area contributed by atoms with Gasteiger partial charge in [0.15, 0.2) is 5.11 Å². The monoisotopic (exact) mass is 144 g/mol. The van der Waals surface area contributed by atoms with Crippen molar-refractivity contribution in [2.45, 2.75) is 13.3 Å². The van der Waals surface area contributed by atoms with Gasteiger partial charge in [0.05, 0.1) is 0 Å². The summed E-state index contributed by atoms with van der Waals surface area (Å²) in [4.78, 5) is 2.20. The minimum Gasteiger partial charge on any atom is -0.361 e. The number of hydrogen-bond acceptors (Lipinski definition) is 1. The lowest BCUT2D eigenvalue weighted by Crippen LogP contribution is -2.28. The minimum absolute atomic E-state index is 0.928. The van der Waals surface area contributed by atoms with Gasteiger partial charge < -0.3 is 10.2 Å². The summed E-state index contributed by atoms with van der Waals surface area (Å²) >= 11 is 5.02. The van der Waals surface area contributed by atoms with E-state index in [0.29, 0.717) is 0 Å². The molecule has 0 atom stereocenters. The quantitative estimate of drug-likeness (QED) is 0.571. The third-order valence-electron chi connectivity index (χ3n) is 1.44. The number of thiocarbonyl (C=S) groups is 1. The molecule has 0 bridgehead atoms. The van der Waals surface area contributed by atoms with Crippen molar-refractivity contribution in [3.63, 3.8) is 0 Å². The topological polar surface area (TPSA) is 15.3 Å². The Labute approximate surface area is 61.2 Å². The van der Waals surface area contributed by atoms with Crippen LogP contribution >= 0.6 is 12.2 Å². The molecular formula is C6H12N2S. The summed E-state index contributed by atoms with van der Waals surface area (Å²) in [5.74, 6) is 0. The van der Waals surface area contributed by atoms with Crippen molar-refractivity contribution in [3.05, 3.63) is 0 Å². The smallest absolute Gasteiger partial charge is 0.169 e. The molecule has 0 aliphatic carbocycles. The standard InChI is InChI=1S/C6H12N2S/c1-2-4-8-5-3-7-6(8)9/h2-5H2,1H3,(H,7,9). The average molecular weight is 144 g/mol. The van der Waals surface area contributed by atoms with E-state index in [1.54, 1.807) is 0 Å². The van der Waals surface area contributed by atoms with E-state index in [2.05, 4.69) is 17.1 Å². The first kappa shape index (κ1) is 6.81. The van der Waals surface area contributed by atoms with Gasteiger partial charge in [0.2, 0.25) is 0 Å². The van der Waals surface area contributed by atoms with E-state index in [0.717, 1.165) is 24.7 Å². The van der Waals surface area contributed by atoms with Crippen LogP contribution < -0.4 is 5.32 Å². The average Bonchev–Trinajstić information content (AvgIpc) is 2.18. The zero-order valence-corrected chi connectivity index (χ0v) is 6.50. The maximum atomic E-state index is 5.02. The summed E-state index contributed by atoms with van der Waals surface area (Å²) in [5.41, 5.74) is 0. The summed E-state index contributed by atoms with van der Waals surface area (Å²) < 4.78 is 0. The van der Waals surface area contributed by atoms with Gasteiger partial charge in [-0.3, -0.25) is 0 Å². The van der Waals surface area contributed by atoms with Gasteiger partial charge in [0.1, 0.15) is 0 Å². The largest absolute Gasteiger partial charge is 0.361 e. The van der Waals surface area contributed by atoms with E-state index < -0.39 is 0 Å². The molecule has 1 N–H and O–H groups in total. The Balaban J connectivity index is 2.31. The van der Waals surface area contributed by atoms with E-state index in [-0.39, 0.29) is 0 Å². The highest BCUT2D eigenvalue weighted by atomic mass is 32.1. The Morgan fingerprint density at radius 1 is 1.78 bits per heavy atom. The lowest BCUT2D eigenvalue weighted by Gasteiger charge is -2.13. The molecule has 9 heavy (non-hydrogen) atoms. The second kappa shape index (κ2) is 3.01. The molecule has 0 aromatic heterocycles. The van der Waals surface area contributed by atoms with Gasteiger partial charge in [-0.25, -0.2) is 0 Å². The lowest BCUT2D eigenvalue weighted by atomic mass is 10.4. The predicted octanol–water partition coefficient (Wildman–Crippen LogP) is 0.587. The van der Waals surface area contributed by atoms with Gasteiger partial charge >= 0.3 is 0 Å². The van der Waals surface area contributed by atoms with Crippen molar-refractivity contribution in [1.29, 1.82) is 0 Å². The Morgan fingerprint density at radius 2 is 2.56 bits per heavy atom. The maximum absolute atomic E-state index is 5.02. The van der Waals surface area contributed by atoms with Crippen molar-refractivity contribution in [2.24, 2.45) is 0 Å². The molecule has 1 aliphatic heterocycles. The molecule has 0 radical (unpaired) electrons. The van der Waals surface area contributed by atoms with Crippen LogP contribution in [-0.4, -0.2) is 29.6 Å². The lowest BCUT2D eigenvalue weighted by molar-refractivity contribution is 0.466. The van der Waals surface area contributed by atoms with Crippen LogP contribution in [0.15, 0.2) is 0 Å². The number of nitrogens with one attached hydrogen (secondary N) is 1. The zero-order valence-electron chi connectivity index (χ0n) is 5.68. The van der Waals surface area contributed by atoms with E-state index in [1.165, 1.54) is 6.42 Å². The highest BCUT2D eigenvalue weighted by Crippen LogP contribution is 1.97. The molecule has 1 fully saturated rings. The van der Waals surface area contributed by atoms with Gasteiger partial charge in [-0.05, 0) is 18.6 Å². The Hall–Kier alpha value is -0.310. The van der Waals surface area contributed by atoms with Crippen LogP contribution in [0.3, 0.4) is 0 Å². The van der Waals surface area contributed by atoms with Gasteiger partial charge in [0, 0.05) is 19.6 Å². The SMILES string of the molecule is CCCN1CCNC1=S. The Bertz CT molecular complexity index is 114. The first-order valence-electron chi connectivity index (χ1n) is 3.37. The molecule has 1 rings (SSSR count). The highest BCUT2D eigenvalue weighted by Gasteiger charge is 2.13. The molecule has 1 saturated heterocycles. The molecule has 3 heteroatoms. The molecule has 0 unspecified atom stereocenters. The number of hydrogen-bond donors (Lipinski definition) is 1. The molecule has 0 amide bonds. The molecule has 2 nitrogen and oxygen atoms in total. The number of rotatable bonds is 2. The van der Waals surface area contributed by atoms with E-state index in [4.69, 9.17) is 12.2 Å². The summed E-state index contributed by atoms with van der Waals surface area (Å²) in [6.07, 6.45) is 1.18. The fourth-order valence-corrected chi connectivity index (χ4v) is 1.28. The molecule has 1 heterocycles. The number of nitrogens with zero attached hydrogens (tertiary/aromatic N) is 1. The van der Waals surface area contributed by atoms with Crippen LogP contribution in [0.4, 0.5) is 0 Å². The highest BCUT2D eigenvalue weighted by molar-refractivity contribution is 7.80. The fourth-order valence-electron chi connectivity index (χ4n) is 0.994. The first-order valence-corrected chi connectivity index (χ1v) is 3.78. The summed E-state index contributed by atoms with van der Waals surface area (Å²) in [6, 6.07) is 0. The second-order valence-electron chi connectivity index (χ2n) is 2.22. The van der Waals surface area contributed by atoms with Crippen LogP contribution in [0.2, 0.25) is 0 Å². The molecule has 0 spiro atoms. The Kier molecular flexibility index (Phi) is 2.28. The van der Waals surface area contributed by atoms with Crippen LogP contribution in [0.25, 0.3) is 0 Å². The third kappa shape index (κ3) is 1.55. The van der Waals surface area contributed by atoms with E-state index in [9.17, 15) is 0 Å². The molecule has 0 aromatic carbocycles. The van der Waals surface area contributed by atoms with Crippen molar-refractivity contribution >= 4 is 17.3 Å². The second-order valence-corrected chi connectivity index (χ2v) is 2.61. The van der Waals surface area contributed by atoms with Crippen LogP contribution in [0.5, 0.6) is 0 Å². The van der Waals surface area contributed by atoms with Crippen molar-refractivity contribution in [3.8, 4) is 0 Å². The van der Waals surface area contributed by atoms with Gasteiger partial charge in [0.25, 0.3) is 0 Å². The van der Waals surface area contributed by atoms with E-state index >= 15 is 0 Å². The maximum Gasteiger partial charge on any atom is 0.169 e. The van der Waals surface area contributed by atoms with Crippen molar-refractivity contribution in [1.82, 2.24) is 10.2 Å². The first-order chi connectivity index (χ1) is 4.34. The van der Waals surface area contributed by atoms with Crippen LogP contribution in [0, 0.1) is 0 Å². The third-order valence-corrected chi connectivity index (χ3v) is 1.84.